The molecule has 110 valence electrons. The van der Waals surface area contributed by atoms with Crippen molar-refractivity contribution in [3.8, 4) is 6.07 Å². The Labute approximate surface area is 130 Å². The van der Waals surface area contributed by atoms with Gasteiger partial charge in [0, 0.05) is 24.5 Å². The van der Waals surface area contributed by atoms with Gasteiger partial charge in [0.25, 0.3) is 0 Å². The van der Waals surface area contributed by atoms with E-state index in [-0.39, 0.29) is 5.41 Å². The van der Waals surface area contributed by atoms with Crippen LogP contribution in [0.2, 0.25) is 5.02 Å². The summed E-state index contributed by atoms with van der Waals surface area (Å²) in [6, 6.07) is 8.11. The number of aryl methyl sites for hydroxylation is 1. The number of rotatable bonds is 5. The predicted molar refractivity (Wildman–Crippen MR) is 88.6 cm³/mol. The van der Waals surface area contributed by atoms with Crippen molar-refractivity contribution in [2.24, 2.45) is 5.41 Å². The number of halogens is 1. The molecule has 2 aromatic rings. The molecule has 0 saturated heterocycles. The van der Waals surface area contributed by atoms with Crippen LogP contribution in [0.15, 0.2) is 24.4 Å². The molecule has 0 amide bonds. The average Bonchev–Trinajstić information content (AvgIpc) is 2.45. The molecule has 1 heterocycles. The Morgan fingerprint density at radius 3 is 2.90 bits per heavy atom. The maximum atomic E-state index is 8.73. The highest BCUT2D eigenvalue weighted by molar-refractivity contribution is 6.35. The van der Waals surface area contributed by atoms with E-state index < -0.39 is 0 Å². The van der Waals surface area contributed by atoms with Gasteiger partial charge in [0.15, 0.2) is 0 Å². The van der Waals surface area contributed by atoms with E-state index in [9.17, 15) is 0 Å². The molecule has 1 aromatic carbocycles. The number of nitrogens with one attached hydrogen (secondary N) is 1. The van der Waals surface area contributed by atoms with Gasteiger partial charge in [0.2, 0.25) is 0 Å². The predicted octanol–water partition coefficient (Wildman–Crippen LogP) is 4.94. The number of hydrogen-bond donors (Lipinski definition) is 1. The summed E-state index contributed by atoms with van der Waals surface area (Å²) in [4.78, 5) is 4.43. The monoisotopic (exact) mass is 301 g/mol. The van der Waals surface area contributed by atoms with Crippen LogP contribution in [-0.2, 0) is 0 Å². The number of fused-ring (bicyclic) bond motifs is 1. The first kappa shape index (κ1) is 15.6. The zero-order valence-corrected chi connectivity index (χ0v) is 13.5. The van der Waals surface area contributed by atoms with Crippen LogP contribution in [0.5, 0.6) is 0 Å². The molecule has 0 spiro atoms. The van der Waals surface area contributed by atoms with Crippen LogP contribution in [0.1, 0.15) is 32.3 Å². The zero-order chi connectivity index (χ0) is 15.5. The first-order valence-electron chi connectivity index (χ1n) is 7.09. The van der Waals surface area contributed by atoms with Gasteiger partial charge in [0.05, 0.1) is 22.3 Å². The van der Waals surface area contributed by atoms with Crippen LogP contribution in [0.4, 0.5) is 5.69 Å². The van der Waals surface area contributed by atoms with E-state index in [0.29, 0.717) is 11.4 Å². The van der Waals surface area contributed by atoms with Crippen molar-refractivity contribution in [2.75, 3.05) is 11.9 Å². The highest BCUT2D eigenvalue weighted by atomic mass is 35.5. The third-order valence-corrected chi connectivity index (χ3v) is 3.99. The standard InChI is InChI=1S/C17H20ClN3/c1-12-10-14(18)16(13-6-4-9-20-15(12)13)21-11-17(2,3)7-5-8-19/h4,6,9-10,21H,5,7,11H2,1-3H3. The quantitative estimate of drug-likeness (QED) is 0.851. The van der Waals surface area contributed by atoms with E-state index in [1.807, 2.05) is 25.1 Å². The molecule has 0 aliphatic carbocycles. The van der Waals surface area contributed by atoms with Gasteiger partial charge in [-0.2, -0.15) is 5.26 Å². The smallest absolute Gasteiger partial charge is 0.0752 e. The van der Waals surface area contributed by atoms with Crippen LogP contribution in [0.25, 0.3) is 10.9 Å². The van der Waals surface area contributed by atoms with E-state index in [0.717, 1.165) is 35.1 Å². The molecule has 0 aliphatic heterocycles. The third-order valence-electron chi connectivity index (χ3n) is 3.69. The van der Waals surface area contributed by atoms with Crippen molar-refractivity contribution in [2.45, 2.75) is 33.6 Å². The highest BCUT2D eigenvalue weighted by Gasteiger charge is 2.19. The number of pyridine rings is 1. The van der Waals surface area contributed by atoms with Crippen molar-refractivity contribution >= 4 is 28.2 Å². The first-order valence-corrected chi connectivity index (χ1v) is 7.47. The van der Waals surface area contributed by atoms with Gasteiger partial charge in [-0.3, -0.25) is 4.98 Å². The minimum absolute atomic E-state index is 0.0402. The van der Waals surface area contributed by atoms with Crippen LogP contribution in [0, 0.1) is 23.7 Å². The van der Waals surface area contributed by atoms with E-state index in [1.165, 1.54) is 0 Å². The molecule has 0 unspecified atom stereocenters. The maximum absolute atomic E-state index is 8.73. The summed E-state index contributed by atoms with van der Waals surface area (Å²) in [6.07, 6.45) is 3.22. The van der Waals surface area contributed by atoms with Gasteiger partial charge < -0.3 is 5.32 Å². The summed E-state index contributed by atoms with van der Waals surface area (Å²) in [5.41, 5.74) is 3.01. The molecule has 4 heteroatoms. The van der Waals surface area contributed by atoms with E-state index in [2.05, 4.69) is 30.2 Å². The fourth-order valence-corrected chi connectivity index (χ4v) is 2.70. The molecule has 0 radical (unpaired) electrons. The Balaban J connectivity index is 2.29. The number of nitriles is 1. The van der Waals surface area contributed by atoms with Gasteiger partial charge in [-0.25, -0.2) is 0 Å². The number of nitrogens with zero attached hydrogens (tertiary/aromatic N) is 2. The van der Waals surface area contributed by atoms with Gasteiger partial charge in [0.1, 0.15) is 0 Å². The van der Waals surface area contributed by atoms with Crippen molar-refractivity contribution in [1.82, 2.24) is 4.98 Å². The Morgan fingerprint density at radius 1 is 1.43 bits per heavy atom. The lowest BCUT2D eigenvalue weighted by Crippen LogP contribution is -2.23. The van der Waals surface area contributed by atoms with Crippen molar-refractivity contribution < 1.29 is 0 Å². The van der Waals surface area contributed by atoms with Crippen LogP contribution in [0.3, 0.4) is 0 Å². The van der Waals surface area contributed by atoms with Gasteiger partial charge in [-0.05, 0) is 42.5 Å². The second-order valence-corrected chi connectivity index (χ2v) is 6.53. The molecule has 21 heavy (non-hydrogen) atoms. The SMILES string of the molecule is Cc1cc(Cl)c(NCC(C)(C)CCC#N)c2cccnc12. The summed E-state index contributed by atoms with van der Waals surface area (Å²) in [6.45, 7) is 7.09. The zero-order valence-electron chi connectivity index (χ0n) is 12.7. The van der Waals surface area contributed by atoms with Crippen LogP contribution < -0.4 is 5.32 Å². The Kier molecular flexibility index (Phi) is 4.69. The molecule has 3 nitrogen and oxygen atoms in total. The summed E-state index contributed by atoms with van der Waals surface area (Å²) in [7, 11) is 0. The fraction of sp³-hybridized carbons (Fsp3) is 0.412. The molecular weight excluding hydrogens is 282 g/mol. The second-order valence-electron chi connectivity index (χ2n) is 6.13. The third kappa shape index (κ3) is 3.65. The van der Waals surface area contributed by atoms with Gasteiger partial charge >= 0.3 is 0 Å². The molecule has 1 N–H and O–H groups in total. The highest BCUT2D eigenvalue weighted by Crippen LogP contribution is 2.34. The van der Waals surface area contributed by atoms with Crippen molar-refractivity contribution in [3.05, 3.63) is 35.0 Å². The van der Waals surface area contributed by atoms with Gasteiger partial charge in [-0.1, -0.05) is 25.4 Å². The fourth-order valence-electron chi connectivity index (χ4n) is 2.37. The van der Waals surface area contributed by atoms with Crippen LogP contribution in [-0.4, -0.2) is 11.5 Å². The molecule has 0 aliphatic rings. The molecule has 0 fully saturated rings. The molecular formula is C17H20ClN3. The second kappa shape index (κ2) is 6.32. The van der Waals surface area contributed by atoms with Crippen LogP contribution >= 0.6 is 11.6 Å². The molecule has 0 saturated carbocycles. The minimum atomic E-state index is 0.0402. The van der Waals surface area contributed by atoms with Crippen molar-refractivity contribution in [1.29, 1.82) is 5.26 Å². The normalized spacial score (nSPS) is 11.4. The average molecular weight is 302 g/mol. The number of anilines is 1. The largest absolute Gasteiger partial charge is 0.383 e. The Hall–Kier alpha value is -1.79. The molecule has 0 bridgehead atoms. The molecule has 2 rings (SSSR count). The number of aromatic nitrogens is 1. The Bertz CT molecular complexity index is 686. The maximum Gasteiger partial charge on any atom is 0.0752 e. The summed E-state index contributed by atoms with van der Waals surface area (Å²) in [5.74, 6) is 0. The van der Waals surface area contributed by atoms with Gasteiger partial charge in [-0.15, -0.1) is 0 Å². The lowest BCUT2D eigenvalue weighted by molar-refractivity contribution is 0.364. The minimum Gasteiger partial charge on any atom is -0.383 e. The lowest BCUT2D eigenvalue weighted by atomic mass is 9.88. The van der Waals surface area contributed by atoms with E-state index in [1.54, 1.807) is 6.20 Å². The summed E-state index contributed by atoms with van der Waals surface area (Å²) >= 11 is 6.40. The Morgan fingerprint density at radius 2 is 2.19 bits per heavy atom. The van der Waals surface area contributed by atoms with E-state index in [4.69, 9.17) is 16.9 Å². The lowest BCUT2D eigenvalue weighted by Gasteiger charge is -2.25. The number of benzene rings is 1. The molecule has 0 atom stereocenters. The summed E-state index contributed by atoms with van der Waals surface area (Å²) in [5, 5.41) is 13.9. The first-order chi connectivity index (χ1) is 9.94. The number of hydrogen-bond acceptors (Lipinski definition) is 3. The van der Waals surface area contributed by atoms with Crippen molar-refractivity contribution in [3.63, 3.8) is 0 Å². The molecule has 1 aromatic heterocycles. The summed E-state index contributed by atoms with van der Waals surface area (Å²) < 4.78 is 0. The van der Waals surface area contributed by atoms with E-state index >= 15 is 0 Å². The topological polar surface area (TPSA) is 48.7 Å².